The number of rotatable bonds is 4. The van der Waals surface area contributed by atoms with Crippen LogP contribution in [0.15, 0.2) is 4.52 Å². The molecule has 0 aromatic carbocycles. The second kappa shape index (κ2) is 5.31. The Morgan fingerprint density at radius 3 is 2.71 bits per heavy atom. The summed E-state index contributed by atoms with van der Waals surface area (Å²) < 4.78 is 38.0. The van der Waals surface area contributed by atoms with Crippen molar-refractivity contribution in [2.45, 2.75) is 32.0 Å². The molecule has 0 bridgehead atoms. The van der Waals surface area contributed by atoms with E-state index in [0.717, 1.165) is 6.42 Å². The zero-order valence-corrected chi connectivity index (χ0v) is 13.2. The highest BCUT2D eigenvalue weighted by Gasteiger charge is 2.46. The first kappa shape index (κ1) is 14.9. The van der Waals surface area contributed by atoms with Gasteiger partial charge in [-0.15, -0.1) is 0 Å². The Kier molecular flexibility index (Phi) is 3.76. The summed E-state index contributed by atoms with van der Waals surface area (Å²) in [4.78, 5) is 4.17. The summed E-state index contributed by atoms with van der Waals surface area (Å²) in [6.45, 7) is 2.72. The van der Waals surface area contributed by atoms with Gasteiger partial charge in [0.2, 0.25) is 5.89 Å². The number of hydrogen-bond donors (Lipinski definition) is 0. The van der Waals surface area contributed by atoms with Crippen molar-refractivity contribution in [1.82, 2.24) is 18.8 Å². The number of hydrogen-bond acceptors (Lipinski definition) is 6. The minimum Gasteiger partial charge on any atom is -0.373 e. The van der Waals surface area contributed by atoms with Gasteiger partial charge in [-0.3, -0.25) is 0 Å². The van der Waals surface area contributed by atoms with Crippen LogP contribution in [-0.2, 0) is 21.4 Å². The second-order valence-electron chi connectivity index (χ2n) is 5.84. The summed E-state index contributed by atoms with van der Waals surface area (Å²) in [6.07, 6.45) is 1.41. The van der Waals surface area contributed by atoms with Crippen LogP contribution in [0.3, 0.4) is 0 Å². The van der Waals surface area contributed by atoms with Gasteiger partial charge in [0.1, 0.15) is 0 Å². The van der Waals surface area contributed by atoms with E-state index in [9.17, 15) is 8.42 Å². The van der Waals surface area contributed by atoms with Gasteiger partial charge in [-0.05, 0) is 13.3 Å². The molecule has 3 heterocycles. The molecule has 0 unspecified atom stereocenters. The van der Waals surface area contributed by atoms with Gasteiger partial charge >= 0.3 is 0 Å². The summed E-state index contributed by atoms with van der Waals surface area (Å²) in [5, 5.41) is 3.76. The Balaban J connectivity index is 1.59. The Bertz CT molecular complexity index is 601. The molecule has 8 nitrogen and oxygen atoms in total. The third-order valence-corrected chi connectivity index (χ3v) is 5.91. The predicted molar refractivity (Wildman–Crippen MR) is 73.7 cm³/mol. The van der Waals surface area contributed by atoms with Crippen LogP contribution in [0.1, 0.15) is 18.1 Å². The summed E-state index contributed by atoms with van der Waals surface area (Å²) in [5.41, 5.74) is 0. The lowest BCUT2D eigenvalue weighted by Gasteiger charge is -2.22. The van der Waals surface area contributed by atoms with Crippen molar-refractivity contribution in [1.29, 1.82) is 0 Å². The fourth-order valence-electron chi connectivity index (χ4n) is 2.99. The molecule has 0 radical (unpaired) electrons. The van der Waals surface area contributed by atoms with Gasteiger partial charge < -0.3 is 9.26 Å². The molecule has 0 aliphatic carbocycles. The lowest BCUT2D eigenvalue weighted by atomic mass is 10.0. The Labute approximate surface area is 124 Å². The molecule has 3 rings (SSSR count). The molecule has 1 aromatic heterocycles. The molecule has 0 N–H and O–H groups in total. The lowest BCUT2D eigenvalue weighted by molar-refractivity contribution is 0.0398. The quantitative estimate of drug-likeness (QED) is 0.765. The first-order chi connectivity index (χ1) is 9.86. The molecule has 3 atom stereocenters. The molecule has 0 saturated carbocycles. The van der Waals surface area contributed by atoms with Gasteiger partial charge in [0.05, 0.1) is 18.6 Å². The van der Waals surface area contributed by atoms with Gasteiger partial charge in [-0.25, -0.2) is 0 Å². The number of fused-ring (bicyclic) bond motifs is 1. The molecular weight excluding hydrogens is 296 g/mol. The van der Waals surface area contributed by atoms with Crippen molar-refractivity contribution in [3.8, 4) is 0 Å². The van der Waals surface area contributed by atoms with Crippen LogP contribution in [0.4, 0.5) is 0 Å². The van der Waals surface area contributed by atoms with Gasteiger partial charge in [-0.2, -0.15) is 22.0 Å². The van der Waals surface area contributed by atoms with E-state index in [1.165, 1.54) is 8.61 Å². The minimum absolute atomic E-state index is 0.0315. The van der Waals surface area contributed by atoms with E-state index in [-0.39, 0.29) is 18.1 Å². The molecule has 118 valence electrons. The van der Waals surface area contributed by atoms with Crippen molar-refractivity contribution in [3.63, 3.8) is 0 Å². The number of ether oxygens (including phenoxy) is 1. The highest BCUT2D eigenvalue weighted by atomic mass is 32.2. The Morgan fingerprint density at radius 1 is 1.38 bits per heavy atom. The predicted octanol–water partition coefficient (Wildman–Crippen LogP) is -0.184. The fraction of sp³-hybridized carbons (Fsp3) is 0.833. The van der Waals surface area contributed by atoms with Crippen molar-refractivity contribution in [2.24, 2.45) is 5.92 Å². The molecule has 2 fully saturated rings. The van der Waals surface area contributed by atoms with Crippen molar-refractivity contribution in [3.05, 3.63) is 11.7 Å². The van der Waals surface area contributed by atoms with Crippen molar-refractivity contribution < 1.29 is 17.7 Å². The topological polar surface area (TPSA) is 88.8 Å². The van der Waals surface area contributed by atoms with E-state index >= 15 is 0 Å². The van der Waals surface area contributed by atoms with Crippen molar-refractivity contribution in [2.75, 3.05) is 27.2 Å². The van der Waals surface area contributed by atoms with Crippen LogP contribution in [0.2, 0.25) is 0 Å². The maximum absolute atomic E-state index is 12.1. The molecule has 2 aliphatic heterocycles. The monoisotopic (exact) mass is 316 g/mol. The fourth-order valence-corrected chi connectivity index (χ4v) is 4.17. The van der Waals surface area contributed by atoms with Gasteiger partial charge in [0.25, 0.3) is 10.2 Å². The van der Waals surface area contributed by atoms with Crippen LogP contribution in [-0.4, -0.2) is 66.6 Å². The maximum atomic E-state index is 12.1. The zero-order valence-electron chi connectivity index (χ0n) is 12.4. The first-order valence-corrected chi connectivity index (χ1v) is 8.38. The molecular formula is C12H20N4O4S. The summed E-state index contributed by atoms with van der Waals surface area (Å²) >= 11 is 0. The zero-order chi connectivity index (χ0) is 15.2. The summed E-state index contributed by atoms with van der Waals surface area (Å²) in [7, 11) is -0.253. The van der Waals surface area contributed by atoms with Gasteiger partial charge in [0, 0.05) is 33.1 Å². The second-order valence-corrected chi connectivity index (χ2v) is 7.98. The Hall–Kier alpha value is -1.03. The van der Waals surface area contributed by atoms with E-state index in [1.54, 1.807) is 21.0 Å². The summed E-state index contributed by atoms with van der Waals surface area (Å²) in [6, 6.07) is 0. The smallest absolute Gasteiger partial charge is 0.281 e. The molecule has 2 saturated heterocycles. The average molecular weight is 316 g/mol. The van der Waals surface area contributed by atoms with Crippen LogP contribution < -0.4 is 0 Å². The minimum atomic E-state index is -3.35. The number of aromatic nitrogens is 2. The van der Waals surface area contributed by atoms with E-state index in [4.69, 9.17) is 9.26 Å². The number of aryl methyl sites for hydroxylation is 1. The van der Waals surface area contributed by atoms with Crippen LogP contribution >= 0.6 is 0 Å². The number of nitrogens with zero attached hydrogens (tertiary/aromatic N) is 4. The van der Waals surface area contributed by atoms with E-state index in [0.29, 0.717) is 31.2 Å². The molecule has 1 aromatic rings. The molecule has 9 heteroatoms. The van der Waals surface area contributed by atoms with Gasteiger partial charge in [-0.1, -0.05) is 5.16 Å². The van der Waals surface area contributed by atoms with Crippen LogP contribution in [0.25, 0.3) is 0 Å². The third kappa shape index (κ3) is 2.83. The van der Waals surface area contributed by atoms with Gasteiger partial charge in [0.15, 0.2) is 5.82 Å². The standard InChI is InChI=1S/C12H20N4O4S/c1-8-13-12(20-14-8)5-10-4-9-6-16(7-11(9)19-10)21(17,18)15(2)3/h9-11H,4-7H2,1-3H3/t9-,10+,11+/m1/s1. The molecule has 0 spiro atoms. The lowest BCUT2D eigenvalue weighted by Crippen LogP contribution is -2.39. The average Bonchev–Trinajstić information content (AvgIpc) is 3.04. The van der Waals surface area contributed by atoms with E-state index in [2.05, 4.69) is 10.1 Å². The molecule has 0 amide bonds. The third-order valence-electron chi connectivity index (χ3n) is 4.04. The first-order valence-electron chi connectivity index (χ1n) is 6.98. The molecule has 2 aliphatic rings. The highest BCUT2D eigenvalue weighted by molar-refractivity contribution is 7.86. The van der Waals surface area contributed by atoms with E-state index in [1.807, 2.05) is 0 Å². The molecule has 21 heavy (non-hydrogen) atoms. The maximum Gasteiger partial charge on any atom is 0.281 e. The van der Waals surface area contributed by atoms with E-state index < -0.39 is 10.2 Å². The van der Waals surface area contributed by atoms with Crippen molar-refractivity contribution >= 4 is 10.2 Å². The largest absolute Gasteiger partial charge is 0.373 e. The normalized spacial score (nSPS) is 30.2. The van der Waals surface area contributed by atoms with Crippen LogP contribution in [0.5, 0.6) is 0 Å². The Morgan fingerprint density at radius 2 is 2.14 bits per heavy atom. The summed E-state index contributed by atoms with van der Waals surface area (Å²) in [5.74, 6) is 1.44. The SMILES string of the molecule is Cc1noc(C[C@@H]2C[C@@H]3CN(S(=O)(=O)N(C)C)C[C@@H]3O2)n1. The highest BCUT2D eigenvalue weighted by Crippen LogP contribution is 2.35. The van der Waals surface area contributed by atoms with Crippen LogP contribution in [0, 0.1) is 12.8 Å².